The van der Waals surface area contributed by atoms with Gasteiger partial charge in [-0.1, -0.05) is 85.2 Å². The summed E-state index contributed by atoms with van der Waals surface area (Å²) < 4.78 is 14.2. The molecule has 4 saturated heterocycles. The van der Waals surface area contributed by atoms with Gasteiger partial charge in [-0.05, 0) is 142 Å². The number of aliphatic hydroxyl groups is 1. The van der Waals surface area contributed by atoms with Gasteiger partial charge in [0.1, 0.15) is 11.2 Å². The second-order valence-electron chi connectivity index (χ2n) is 22.2. The van der Waals surface area contributed by atoms with E-state index in [-0.39, 0.29) is 41.5 Å². The molecule has 15 rings (SSSR count). The number of fused-ring (bicyclic) bond motifs is 7. The number of esters is 2. The molecule has 14 bridgehead atoms. The molecule has 2 aromatic rings. The van der Waals surface area contributed by atoms with E-state index in [1.54, 1.807) is 5.70 Å². The number of piperidine rings is 3. The standard InChI is InChI=1S/C55H61N3O5/c1-29-22-34-15-17-43-36-25-37-28-58(43)48(34)47-39-19-20-53-50(49(59)38-16-18-42(37)57(27-36)30(38)2)62-52(61)54(53)41(39)26-35(45(29)47)24-32-10-5-9-31(23-32)8-3-4-14-44(54)55(53)40-13-6-11-33(12-7-21-56)46(40)51(60)63-55/h5-6,9-11,13,15,17,23,26,29-30,36-38,42-45,47,59H,3-4,7-8,12,14,16,18-22,24-25,27-28,56H2,1-2H3. The average molecular weight is 844 g/mol. The highest BCUT2D eigenvalue weighted by molar-refractivity contribution is 6.00. The number of nitrogens with two attached hydrogens (primary N) is 1. The summed E-state index contributed by atoms with van der Waals surface area (Å²) in [6, 6.07) is 16.4. The number of nitrogens with zero attached hydrogens (tertiary/aromatic N) is 2. The number of rotatable bonds is 3. The van der Waals surface area contributed by atoms with Gasteiger partial charge < -0.3 is 25.2 Å². The molecule has 14 unspecified atom stereocenters. The van der Waals surface area contributed by atoms with Crippen LogP contribution in [0.4, 0.5) is 0 Å². The maximum Gasteiger partial charge on any atom is 0.339 e. The van der Waals surface area contributed by atoms with Crippen molar-refractivity contribution >= 4 is 11.9 Å². The van der Waals surface area contributed by atoms with E-state index >= 15 is 4.79 Å². The van der Waals surface area contributed by atoms with Gasteiger partial charge in [0.15, 0.2) is 11.4 Å². The third-order valence-corrected chi connectivity index (χ3v) is 19.9. The third kappa shape index (κ3) is 4.38. The van der Waals surface area contributed by atoms with Gasteiger partial charge in [-0.25, -0.2) is 4.79 Å². The summed E-state index contributed by atoms with van der Waals surface area (Å²) in [4.78, 5) is 36.7. The minimum atomic E-state index is -1.17. The number of carbonyl (C=O) groups excluding carboxylic acids is 2. The fraction of sp³-hybridized carbons (Fsp3) is 0.564. The van der Waals surface area contributed by atoms with Crippen LogP contribution in [0.25, 0.3) is 0 Å². The van der Waals surface area contributed by atoms with E-state index in [4.69, 9.17) is 15.2 Å². The summed E-state index contributed by atoms with van der Waals surface area (Å²) >= 11 is 0. The van der Waals surface area contributed by atoms with Crippen molar-refractivity contribution in [2.75, 3.05) is 19.6 Å². The van der Waals surface area contributed by atoms with Crippen LogP contribution in [0.15, 0.2) is 100 Å². The van der Waals surface area contributed by atoms with Crippen molar-refractivity contribution in [3.05, 3.63) is 128 Å². The van der Waals surface area contributed by atoms with Crippen molar-refractivity contribution in [3.63, 3.8) is 0 Å². The lowest BCUT2D eigenvalue weighted by Gasteiger charge is -2.71. The zero-order chi connectivity index (χ0) is 42.3. The second kappa shape index (κ2) is 12.9. The van der Waals surface area contributed by atoms with Gasteiger partial charge in [0.25, 0.3) is 0 Å². The van der Waals surface area contributed by atoms with Crippen LogP contribution in [0.1, 0.15) is 111 Å². The largest absolute Gasteiger partial charge is 0.508 e. The molecule has 8 aliphatic heterocycles. The Morgan fingerprint density at radius 3 is 2.75 bits per heavy atom. The Hall–Kier alpha value is -4.40. The van der Waals surface area contributed by atoms with Crippen molar-refractivity contribution < 1.29 is 24.2 Å². The smallest absolute Gasteiger partial charge is 0.339 e. The highest BCUT2D eigenvalue weighted by Gasteiger charge is 2.93. The molecule has 13 aliphatic rings. The first-order valence-electron chi connectivity index (χ1n) is 24.9. The molecule has 0 radical (unpaired) electrons. The Labute approximate surface area is 371 Å². The van der Waals surface area contributed by atoms with Crippen LogP contribution in [0, 0.1) is 52.3 Å². The van der Waals surface area contributed by atoms with Crippen molar-refractivity contribution in [3.8, 4) is 0 Å². The second-order valence-corrected chi connectivity index (χ2v) is 22.2. The van der Waals surface area contributed by atoms with E-state index in [9.17, 15) is 9.90 Å². The number of hydrogen-bond donors (Lipinski definition) is 2. The highest BCUT2D eigenvalue weighted by Crippen LogP contribution is 2.87. The Balaban J connectivity index is 1.10. The van der Waals surface area contributed by atoms with Crippen LogP contribution in [0.3, 0.4) is 0 Å². The number of benzene rings is 2. The summed E-state index contributed by atoms with van der Waals surface area (Å²) in [5.41, 5.74) is 14.9. The first kappa shape index (κ1) is 37.9. The molecule has 326 valence electrons. The van der Waals surface area contributed by atoms with Gasteiger partial charge in [0, 0.05) is 54.2 Å². The van der Waals surface area contributed by atoms with Crippen molar-refractivity contribution in [2.45, 2.75) is 121 Å². The van der Waals surface area contributed by atoms with Crippen molar-refractivity contribution in [2.24, 2.45) is 58.0 Å². The maximum atomic E-state index is 16.1. The predicted molar refractivity (Wildman–Crippen MR) is 239 cm³/mol. The van der Waals surface area contributed by atoms with Gasteiger partial charge in [0.05, 0.1) is 17.0 Å². The third-order valence-electron chi connectivity index (χ3n) is 19.9. The molecule has 3 spiro atoms. The van der Waals surface area contributed by atoms with Crippen LogP contribution in [-0.2, 0) is 39.1 Å². The average Bonchev–Trinajstić information content (AvgIpc) is 3.74. The number of allylic oxidation sites excluding steroid dienone is 5. The van der Waals surface area contributed by atoms with E-state index in [0.717, 1.165) is 87.6 Å². The van der Waals surface area contributed by atoms with Gasteiger partial charge in [-0.3, -0.25) is 9.69 Å². The normalized spacial score (nSPS) is 43.1. The lowest BCUT2D eigenvalue weighted by atomic mass is 9.28. The van der Waals surface area contributed by atoms with Crippen LogP contribution in [-0.4, -0.2) is 64.6 Å². The quantitative estimate of drug-likeness (QED) is 0.296. The molecule has 14 atom stereocenters. The Morgan fingerprint density at radius 2 is 1.86 bits per heavy atom. The summed E-state index contributed by atoms with van der Waals surface area (Å²) in [7, 11) is 0. The van der Waals surface area contributed by atoms with Gasteiger partial charge in [-0.15, -0.1) is 0 Å². The fourth-order valence-electron chi connectivity index (χ4n) is 17.8. The van der Waals surface area contributed by atoms with Crippen molar-refractivity contribution in [1.82, 2.24) is 9.80 Å². The van der Waals surface area contributed by atoms with E-state index in [1.807, 2.05) is 0 Å². The summed E-state index contributed by atoms with van der Waals surface area (Å²) in [5.74, 6) is 1.48. The molecular formula is C55H61N3O5. The fourth-order valence-corrected chi connectivity index (χ4v) is 17.8. The van der Waals surface area contributed by atoms with Gasteiger partial charge in [-0.2, -0.15) is 0 Å². The molecule has 5 aliphatic carbocycles. The Kier molecular flexibility index (Phi) is 7.77. The molecule has 5 fully saturated rings. The van der Waals surface area contributed by atoms with Crippen LogP contribution in [0.2, 0.25) is 0 Å². The van der Waals surface area contributed by atoms with Crippen molar-refractivity contribution in [1.29, 1.82) is 0 Å². The Bertz CT molecular complexity index is 2600. The molecule has 0 aromatic heterocycles. The molecule has 3 N–H and O–H groups in total. The topological polar surface area (TPSA) is 105 Å². The Morgan fingerprint density at radius 1 is 0.984 bits per heavy atom. The number of carbonyl (C=O) groups is 2. The minimum Gasteiger partial charge on any atom is -0.508 e. The molecular weight excluding hydrogens is 783 g/mol. The maximum absolute atomic E-state index is 16.1. The number of hydrogen-bond acceptors (Lipinski definition) is 8. The van der Waals surface area contributed by atoms with E-state index in [1.165, 1.54) is 34.3 Å². The first-order valence-corrected chi connectivity index (χ1v) is 24.9. The molecule has 1 saturated carbocycles. The minimum absolute atomic E-state index is 0.0689. The number of aryl methyl sites for hydroxylation is 2. The molecule has 63 heavy (non-hydrogen) atoms. The highest BCUT2D eigenvalue weighted by atomic mass is 16.6. The lowest BCUT2D eigenvalue weighted by molar-refractivity contribution is -0.276. The predicted octanol–water partition coefficient (Wildman–Crippen LogP) is 8.77. The molecule has 0 amide bonds. The molecule has 8 nitrogen and oxygen atoms in total. The molecule has 8 heteroatoms. The van der Waals surface area contributed by atoms with E-state index in [2.05, 4.69) is 84.3 Å². The summed E-state index contributed by atoms with van der Waals surface area (Å²) in [5, 5.41) is 13.4. The zero-order valence-electron chi connectivity index (χ0n) is 36.9. The monoisotopic (exact) mass is 843 g/mol. The first-order chi connectivity index (χ1) is 30.7. The number of ether oxygens (including phenoxy) is 2. The van der Waals surface area contributed by atoms with Crippen LogP contribution in [0.5, 0.6) is 0 Å². The van der Waals surface area contributed by atoms with Crippen LogP contribution >= 0.6 is 0 Å². The molecule has 2 aromatic carbocycles. The van der Waals surface area contributed by atoms with Gasteiger partial charge >= 0.3 is 11.9 Å². The summed E-state index contributed by atoms with van der Waals surface area (Å²) in [6.45, 7) is 7.42. The SMILES string of the molecule is CC1CC2=C3C4C5=C6C=C(Cc7cccc(c7)CCCCC7C68C(=O)OC(=C(O)C6CCC9C%10CC(CN9C6C)C(C=C2)N3C%10)C8(CC5)C72OC(=O)c3c(CCCN)cccc32)C14. The summed E-state index contributed by atoms with van der Waals surface area (Å²) in [6.07, 6.45) is 18.9. The van der Waals surface area contributed by atoms with E-state index < -0.39 is 16.4 Å². The van der Waals surface area contributed by atoms with E-state index in [0.29, 0.717) is 72.9 Å². The molecule has 8 heterocycles. The van der Waals surface area contributed by atoms with Gasteiger partial charge in [0.2, 0.25) is 0 Å². The van der Waals surface area contributed by atoms with Crippen LogP contribution < -0.4 is 5.73 Å². The lowest BCUT2D eigenvalue weighted by Crippen LogP contribution is -2.77. The number of aliphatic hydroxyl groups excluding tert-OH is 1. The zero-order valence-corrected chi connectivity index (χ0v) is 36.9.